The Morgan fingerprint density at radius 3 is 2.70 bits per heavy atom. The molecule has 0 aromatic heterocycles. The van der Waals surface area contributed by atoms with Gasteiger partial charge >= 0.3 is 0 Å². The van der Waals surface area contributed by atoms with E-state index in [2.05, 4.69) is 21.2 Å². The molecule has 0 amide bonds. The average Bonchev–Trinajstić information content (AvgIpc) is 2.48. The molecule has 3 nitrogen and oxygen atoms in total. The van der Waals surface area contributed by atoms with Gasteiger partial charge in [-0.15, -0.1) is 0 Å². The second-order valence-electron chi connectivity index (χ2n) is 4.25. The topological polar surface area (TPSA) is 41.5 Å². The van der Waals surface area contributed by atoms with Crippen molar-refractivity contribution in [3.8, 4) is 5.75 Å². The van der Waals surface area contributed by atoms with Crippen LogP contribution in [0, 0.1) is 5.82 Å². The van der Waals surface area contributed by atoms with Crippen LogP contribution in [-0.2, 0) is 0 Å². The van der Waals surface area contributed by atoms with Crippen LogP contribution in [0.2, 0.25) is 0 Å². The Hall–Kier alpha value is -1.59. The van der Waals surface area contributed by atoms with Crippen LogP contribution in [0.3, 0.4) is 0 Å². The van der Waals surface area contributed by atoms with Gasteiger partial charge in [-0.2, -0.15) is 0 Å². The zero-order chi connectivity index (χ0) is 14.5. The van der Waals surface area contributed by atoms with Crippen molar-refractivity contribution in [1.82, 2.24) is 0 Å². The minimum atomic E-state index is -0.344. The van der Waals surface area contributed by atoms with Crippen molar-refractivity contribution in [2.45, 2.75) is 6.04 Å². The molecule has 0 bridgehead atoms. The molecule has 2 aromatic carbocycles. The fraction of sp³-hybridized carbons (Fsp3) is 0.200. The van der Waals surface area contributed by atoms with E-state index < -0.39 is 0 Å². The number of aliphatic hydroxyl groups excluding tert-OH is 1. The number of hydrogen-bond donors (Lipinski definition) is 2. The maximum Gasteiger partial charge on any atom is 0.141 e. The molecule has 0 fully saturated rings. The minimum absolute atomic E-state index is 0.115. The first-order chi connectivity index (χ1) is 9.65. The molecule has 2 aromatic rings. The summed E-state index contributed by atoms with van der Waals surface area (Å²) in [5.41, 5.74) is 1.56. The number of halogens is 2. The molecule has 0 radical (unpaired) electrons. The molecule has 2 N–H and O–H groups in total. The van der Waals surface area contributed by atoms with Crippen LogP contribution in [0.4, 0.5) is 10.1 Å². The van der Waals surface area contributed by atoms with Crippen LogP contribution < -0.4 is 10.1 Å². The summed E-state index contributed by atoms with van der Waals surface area (Å²) < 4.78 is 18.9. The quantitative estimate of drug-likeness (QED) is 0.871. The Labute approximate surface area is 125 Å². The summed E-state index contributed by atoms with van der Waals surface area (Å²) in [5, 5.41) is 12.7. The van der Waals surface area contributed by atoms with E-state index in [0.717, 1.165) is 11.3 Å². The lowest BCUT2D eigenvalue weighted by Gasteiger charge is -2.20. The van der Waals surface area contributed by atoms with Gasteiger partial charge in [-0.25, -0.2) is 4.39 Å². The normalized spacial score (nSPS) is 12.0. The van der Waals surface area contributed by atoms with Gasteiger partial charge in [0, 0.05) is 0 Å². The summed E-state index contributed by atoms with van der Waals surface area (Å²) in [7, 11) is 1.59. The highest BCUT2D eigenvalue weighted by Gasteiger charge is 2.14. The van der Waals surface area contributed by atoms with E-state index in [0.29, 0.717) is 10.2 Å². The highest BCUT2D eigenvalue weighted by Crippen LogP contribution is 2.29. The van der Waals surface area contributed by atoms with Gasteiger partial charge in [0.25, 0.3) is 0 Å². The summed E-state index contributed by atoms with van der Waals surface area (Å²) >= 11 is 3.15. The standard InChI is InChI=1S/C15H15BrFNO2/c1-20-15-5-3-2-4-13(15)18-14(9-19)10-6-7-12(17)11(16)8-10/h2-8,14,18-19H,9H2,1H3. The molecular weight excluding hydrogens is 325 g/mol. The van der Waals surface area contributed by atoms with E-state index in [1.54, 1.807) is 19.2 Å². The summed E-state index contributed by atoms with van der Waals surface area (Å²) in [5.74, 6) is 0.356. The summed E-state index contributed by atoms with van der Waals surface area (Å²) in [4.78, 5) is 0. The van der Waals surface area contributed by atoms with Crippen molar-refractivity contribution < 1.29 is 14.2 Å². The molecular formula is C15H15BrFNO2. The summed E-state index contributed by atoms with van der Waals surface area (Å²) in [6.45, 7) is -0.115. The Morgan fingerprint density at radius 2 is 2.05 bits per heavy atom. The Morgan fingerprint density at radius 1 is 1.30 bits per heavy atom. The van der Waals surface area contributed by atoms with E-state index >= 15 is 0 Å². The van der Waals surface area contributed by atoms with Crippen molar-refractivity contribution in [3.05, 3.63) is 58.3 Å². The first-order valence-corrected chi connectivity index (χ1v) is 6.90. The van der Waals surface area contributed by atoms with Gasteiger partial charge in [-0.3, -0.25) is 0 Å². The highest BCUT2D eigenvalue weighted by atomic mass is 79.9. The third-order valence-electron chi connectivity index (χ3n) is 2.97. The molecule has 0 aliphatic rings. The number of rotatable bonds is 5. The van der Waals surface area contributed by atoms with Gasteiger partial charge in [0.05, 0.1) is 29.9 Å². The average molecular weight is 340 g/mol. The number of aliphatic hydroxyl groups is 1. The third-order valence-corrected chi connectivity index (χ3v) is 3.57. The van der Waals surface area contributed by atoms with E-state index in [4.69, 9.17) is 4.74 Å². The van der Waals surface area contributed by atoms with Gasteiger partial charge in [0.1, 0.15) is 11.6 Å². The number of para-hydroxylation sites is 2. The molecule has 0 saturated heterocycles. The predicted octanol–water partition coefficient (Wildman–Crippen LogP) is 3.74. The maximum absolute atomic E-state index is 13.3. The monoisotopic (exact) mass is 339 g/mol. The predicted molar refractivity (Wildman–Crippen MR) is 80.5 cm³/mol. The van der Waals surface area contributed by atoms with Crippen molar-refractivity contribution in [2.75, 3.05) is 19.0 Å². The Bertz CT molecular complexity index is 592. The Kier molecular flexibility index (Phi) is 4.98. The lowest BCUT2D eigenvalue weighted by atomic mass is 10.1. The zero-order valence-corrected chi connectivity index (χ0v) is 12.5. The zero-order valence-electron chi connectivity index (χ0n) is 10.9. The van der Waals surface area contributed by atoms with Crippen LogP contribution in [0.5, 0.6) is 5.75 Å². The van der Waals surface area contributed by atoms with Gasteiger partial charge in [-0.05, 0) is 45.8 Å². The van der Waals surface area contributed by atoms with Gasteiger partial charge in [0.15, 0.2) is 0 Å². The van der Waals surface area contributed by atoms with E-state index in [1.165, 1.54) is 6.07 Å². The molecule has 1 atom stereocenters. The molecule has 0 aliphatic carbocycles. The lowest BCUT2D eigenvalue weighted by Crippen LogP contribution is -2.15. The fourth-order valence-electron chi connectivity index (χ4n) is 1.92. The Balaban J connectivity index is 2.26. The fourth-order valence-corrected chi connectivity index (χ4v) is 2.31. The van der Waals surface area contributed by atoms with Crippen LogP contribution >= 0.6 is 15.9 Å². The molecule has 0 heterocycles. The summed E-state index contributed by atoms with van der Waals surface area (Å²) in [6, 6.07) is 11.8. The number of benzene rings is 2. The van der Waals surface area contributed by atoms with E-state index in [-0.39, 0.29) is 18.5 Å². The van der Waals surface area contributed by atoms with Gasteiger partial charge in [0.2, 0.25) is 0 Å². The largest absolute Gasteiger partial charge is 0.495 e. The minimum Gasteiger partial charge on any atom is -0.495 e. The number of ether oxygens (including phenoxy) is 1. The van der Waals surface area contributed by atoms with E-state index in [1.807, 2.05) is 24.3 Å². The molecule has 106 valence electrons. The van der Waals surface area contributed by atoms with E-state index in [9.17, 15) is 9.50 Å². The van der Waals surface area contributed by atoms with Crippen molar-refractivity contribution >= 4 is 21.6 Å². The molecule has 2 rings (SSSR count). The highest BCUT2D eigenvalue weighted by molar-refractivity contribution is 9.10. The molecule has 5 heteroatoms. The molecule has 20 heavy (non-hydrogen) atoms. The maximum atomic E-state index is 13.3. The molecule has 0 saturated carbocycles. The van der Waals surface area contributed by atoms with Crippen LogP contribution in [0.1, 0.15) is 11.6 Å². The van der Waals surface area contributed by atoms with Gasteiger partial charge in [-0.1, -0.05) is 18.2 Å². The van der Waals surface area contributed by atoms with Crippen molar-refractivity contribution in [1.29, 1.82) is 0 Å². The number of nitrogens with one attached hydrogen (secondary N) is 1. The number of methoxy groups -OCH3 is 1. The molecule has 0 aliphatic heterocycles. The van der Waals surface area contributed by atoms with Crippen LogP contribution in [0.15, 0.2) is 46.9 Å². The van der Waals surface area contributed by atoms with Gasteiger partial charge < -0.3 is 15.2 Å². The second kappa shape index (κ2) is 6.72. The second-order valence-corrected chi connectivity index (χ2v) is 5.11. The first kappa shape index (κ1) is 14.8. The van der Waals surface area contributed by atoms with Crippen molar-refractivity contribution in [2.24, 2.45) is 0 Å². The van der Waals surface area contributed by atoms with Crippen LogP contribution in [0.25, 0.3) is 0 Å². The van der Waals surface area contributed by atoms with Crippen LogP contribution in [-0.4, -0.2) is 18.8 Å². The SMILES string of the molecule is COc1ccccc1NC(CO)c1ccc(F)c(Br)c1. The molecule has 1 unspecified atom stereocenters. The first-order valence-electron chi connectivity index (χ1n) is 6.11. The third kappa shape index (κ3) is 3.29. The molecule has 0 spiro atoms. The summed E-state index contributed by atoms with van der Waals surface area (Å²) in [6.07, 6.45) is 0. The smallest absolute Gasteiger partial charge is 0.141 e. The van der Waals surface area contributed by atoms with Crippen molar-refractivity contribution in [3.63, 3.8) is 0 Å². The number of hydrogen-bond acceptors (Lipinski definition) is 3. The number of anilines is 1. The lowest BCUT2D eigenvalue weighted by molar-refractivity contribution is 0.276.